The molecular weight excluding hydrogens is 433 g/mol. The molecule has 1 heterocycles. The van der Waals surface area contributed by atoms with Crippen molar-refractivity contribution in [2.24, 2.45) is 0 Å². The van der Waals surface area contributed by atoms with E-state index in [1.165, 1.54) is 5.56 Å². The summed E-state index contributed by atoms with van der Waals surface area (Å²) < 4.78 is 29.7. The molecular formula is C27H32FN3O3. The molecule has 0 bridgehead atoms. The lowest BCUT2D eigenvalue weighted by Crippen LogP contribution is -2.27. The normalized spacial score (nSPS) is 16.9. The summed E-state index contributed by atoms with van der Waals surface area (Å²) in [6.07, 6.45) is 1.99. The van der Waals surface area contributed by atoms with Gasteiger partial charge >= 0.3 is 0 Å². The number of hydrogen-bond donors (Lipinski definition) is 1. The van der Waals surface area contributed by atoms with Gasteiger partial charge in [-0.15, -0.1) is 0 Å². The summed E-state index contributed by atoms with van der Waals surface area (Å²) in [5.41, 5.74) is 5.79. The Kier molecular flexibility index (Phi) is 7.63. The van der Waals surface area contributed by atoms with Crippen LogP contribution < -0.4 is 14.8 Å². The number of nitrogens with one attached hydrogen (secondary N) is 1. The zero-order valence-electron chi connectivity index (χ0n) is 20.2. The fourth-order valence-electron chi connectivity index (χ4n) is 4.55. The number of aryl methyl sites for hydroxylation is 2. The number of methoxy groups -OCH3 is 2. The van der Waals surface area contributed by atoms with E-state index in [1.54, 1.807) is 14.2 Å². The number of benzene rings is 2. The predicted octanol–water partition coefficient (Wildman–Crippen LogP) is 5.35. The first kappa shape index (κ1) is 24.0. The van der Waals surface area contributed by atoms with Gasteiger partial charge in [-0.2, -0.15) is 0 Å². The average molecular weight is 466 g/mol. The zero-order valence-corrected chi connectivity index (χ0v) is 20.2. The van der Waals surface area contributed by atoms with Crippen molar-refractivity contribution < 1.29 is 18.6 Å². The average Bonchev–Trinajstić information content (AvgIpc) is 3.23. The van der Waals surface area contributed by atoms with Crippen molar-refractivity contribution in [1.29, 1.82) is 0 Å². The summed E-state index contributed by atoms with van der Waals surface area (Å²) in [5.74, 6) is 2.15. The number of ether oxygens (including phenoxy) is 3. The van der Waals surface area contributed by atoms with E-state index in [1.807, 2.05) is 30.3 Å². The number of fused-ring (bicyclic) bond motifs is 1. The summed E-state index contributed by atoms with van der Waals surface area (Å²) in [6, 6.07) is 13.9. The lowest BCUT2D eigenvalue weighted by Gasteiger charge is -2.24. The largest absolute Gasteiger partial charge is 0.497 e. The Morgan fingerprint density at radius 3 is 2.50 bits per heavy atom. The summed E-state index contributed by atoms with van der Waals surface area (Å²) in [5, 5.41) is 3.60. The highest BCUT2D eigenvalue weighted by atomic mass is 19.1. The highest BCUT2D eigenvalue weighted by Crippen LogP contribution is 2.38. The molecule has 180 valence electrons. The van der Waals surface area contributed by atoms with Gasteiger partial charge in [-0.1, -0.05) is 38.1 Å². The van der Waals surface area contributed by atoms with Gasteiger partial charge in [0.15, 0.2) is 0 Å². The minimum atomic E-state index is -0.502. The van der Waals surface area contributed by atoms with E-state index in [-0.39, 0.29) is 18.8 Å². The van der Waals surface area contributed by atoms with Gasteiger partial charge in [-0.3, -0.25) is 0 Å². The molecule has 0 saturated carbocycles. The number of alkyl halides is 1. The third-order valence-electron chi connectivity index (χ3n) is 6.26. The van der Waals surface area contributed by atoms with E-state index in [2.05, 4.69) is 31.3 Å². The van der Waals surface area contributed by atoms with Gasteiger partial charge in [-0.25, -0.2) is 14.4 Å². The van der Waals surface area contributed by atoms with Crippen LogP contribution in [-0.2, 0) is 24.0 Å². The van der Waals surface area contributed by atoms with Gasteiger partial charge in [0.05, 0.1) is 50.1 Å². The molecule has 2 atom stereocenters. The molecule has 0 amide bonds. The minimum Gasteiger partial charge on any atom is -0.497 e. The van der Waals surface area contributed by atoms with Crippen molar-refractivity contribution in [1.82, 2.24) is 9.97 Å². The second-order valence-corrected chi connectivity index (χ2v) is 8.21. The molecule has 2 aromatic carbocycles. The van der Waals surface area contributed by atoms with E-state index in [4.69, 9.17) is 24.2 Å². The summed E-state index contributed by atoms with van der Waals surface area (Å²) in [6.45, 7) is 3.71. The molecule has 1 aliphatic carbocycles. The molecule has 7 heteroatoms. The Labute approximate surface area is 200 Å². The van der Waals surface area contributed by atoms with Crippen LogP contribution in [0.1, 0.15) is 42.4 Å². The minimum absolute atomic E-state index is 0.0829. The van der Waals surface area contributed by atoms with E-state index < -0.39 is 6.67 Å². The van der Waals surface area contributed by atoms with Crippen molar-refractivity contribution in [2.45, 2.75) is 45.3 Å². The molecule has 6 nitrogen and oxygen atoms in total. The Morgan fingerprint density at radius 1 is 1.00 bits per heavy atom. The van der Waals surface area contributed by atoms with Gasteiger partial charge in [0.25, 0.3) is 0 Å². The molecule has 0 spiro atoms. The molecule has 0 radical (unpaired) electrons. The van der Waals surface area contributed by atoms with Crippen LogP contribution in [0.4, 0.5) is 10.2 Å². The van der Waals surface area contributed by atoms with Crippen molar-refractivity contribution in [3.05, 3.63) is 65.0 Å². The first-order chi connectivity index (χ1) is 16.6. The topological polar surface area (TPSA) is 65.5 Å². The standard InChI is InChI=1S/C27H32FN3O3/c1-5-21-25(20-12-11-18(32-3)16-23(20)33-4)29-22(6-2)27(30-21)31-26-19-10-8-7-9-17(19)15-24(26)34-14-13-28/h7-12,16,24,26H,5-6,13-15H2,1-4H3,(H,30,31). The van der Waals surface area contributed by atoms with Crippen LogP contribution in [0.3, 0.4) is 0 Å². The molecule has 4 rings (SSSR count). The summed E-state index contributed by atoms with van der Waals surface area (Å²) >= 11 is 0. The van der Waals surface area contributed by atoms with Crippen molar-refractivity contribution in [3.8, 4) is 22.8 Å². The number of rotatable bonds is 10. The third kappa shape index (κ3) is 4.71. The maximum atomic E-state index is 12.9. The molecule has 1 N–H and O–H groups in total. The molecule has 0 saturated heterocycles. The molecule has 3 aromatic rings. The van der Waals surface area contributed by atoms with E-state index >= 15 is 0 Å². The fourth-order valence-corrected chi connectivity index (χ4v) is 4.55. The van der Waals surface area contributed by atoms with Gasteiger partial charge in [0.1, 0.15) is 24.0 Å². The maximum Gasteiger partial charge on any atom is 0.148 e. The lowest BCUT2D eigenvalue weighted by atomic mass is 10.1. The van der Waals surface area contributed by atoms with Gasteiger partial charge in [0.2, 0.25) is 0 Å². The zero-order chi connectivity index (χ0) is 24.1. The number of hydrogen-bond acceptors (Lipinski definition) is 6. The fraction of sp³-hybridized carbons (Fsp3) is 0.407. The van der Waals surface area contributed by atoms with Crippen molar-refractivity contribution >= 4 is 5.82 Å². The molecule has 0 fully saturated rings. The smallest absolute Gasteiger partial charge is 0.148 e. The SMILES string of the molecule is CCc1nc(-c2ccc(OC)cc2OC)c(CC)nc1NC1c2ccccc2CC1OCCF. The van der Waals surface area contributed by atoms with Crippen LogP contribution in [0.5, 0.6) is 11.5 Å². The van der Waals surface area contributed by atoms with Crippen LogP contribution in [0.25, 0.3) is 11.3 Å². The molecule has 2 unspecified atom stereocenters. The second-order valence-electron chi connectivity index (χ2n) is 8.21. The predicted molar refractivity (Wildman–Crippen MR) is 132 cm³/mol. The van der Waals surface area contributed by atoms with Crippen LogP contribution in [0.2, 0.25) is 0 Å². The van der Waals surface area contributed by atoms with Crippen molar-refractivity contribution in [2.75, 3.05) is 32.8 Å². The third-order valence-corrected chi connectivity index (χ3v) is 6.26. The van der Waals surface area contributed by atoms with Gasteiger partial charge in [0, 0.05) is 18.1 Å². The first-order valence-corrected chi connectivity index (χ1v) is 11.8. The Balaban J connectivity index is 1.74. The summed E-state index contributed by atoms with van der Waals surface area (Å²) in [4.78, 5) is 10.1. The number of nitrogens with zero attached hydrogens (tertiary/aromatic N) is 2. The van der Waals surface area contributed by atoms with E-state index in [0.29, 0.717) is 18.6 Å². The molecule has 1 aliphatic rings. The van der Waals surface area contributed by atoms with Gasteiger partial charge < -0.3 is 19.5 Å². The molecule has 34 heavy (non-hydrogen) atoms. The number of anilines is 1. The molecule has 1 aromatic heterocycles. The van der Waals surface area contributed by atoms with Crippen molar-refractivity contribution in [3.63, 3.8) is 0 Å². The Hall–Kier alpha value is -3.19. The van der Waals surface area contributed by atoms with Crippen LogP contribution in [-0.4, -0.2) is 43.6 Å². The van der Waals surface area contributed by atoms with Crippen LogP contribution in [0, 0.1) is 0 Å². The first-order valence-electron chi connectivity index (χ1n) is 11.8. The van der Waals surface area contributed by atoms with Gasteiger partial charge in [-0.05, 0) is 36.1 Å². The monoisotopic (exact) mass is 465 g/mol. The van der Waals surface area contributed by atoms with E-state index in [0.717, 1.165) is 46.2 Å². The molecule has 0 aliphatic heterocycles. The highest BCUT2D eigenvalue weighted by Gasteiger charge is 2.34. The maximum absolute atomic E-state index is 12.9. The Bertz CT molecular complexity index is 1140. The lowest BCUT2D eigenvalue weighted by molar-refractivity contribution is 0.0393. The summed E-state index contributed by atoms with van der Waals surface area (Å²) in [7, 11) is 3.27. The quantitative estimate of drug-likeness (QED) is 0.435. The Morgan fingerprint density at radius 2 is 1.79 bits per heavy atom. The van der Waals surface area contributed by atoms with E-state index in [9.17, 15) is 4.39 Å². The number of halogens is 1. The van der Waals surface area contributed by atoms with Crippen LogP contribution >= 0.6 is 0 Å². The second kappa shape index (κ2) is 10.8. The highest BCUT2D eigenvalue weighted by molar-refractivity contribution is 5.71. The number of aromatic nitrogens is 2. The van der Waals surface area contributed by atoms with Crippen LogP contribution in [0.15, 0.2) is 42.5 Å².